The zero-order valence-electron chi connectivity index (χ0n) is 7.32. The summed E-state index contributed by atoms with van der Waals surface area (Å²) in [5.74, 6) is 0. The highest BCUT2D eigenvalue weighted by molar-refractivity contribution is 7.79. The third-order valence-corrected chi connectivity index (χ3v) is 0.872. The summed E-state index contributed by atoms with van der Waals surface area (Å²) in [6.07, 6.45) is 0. The van der Waals surface area contributed by atoms with Crippen molar-refractivity contribution in [2.75, 3.05) is 0 Å². The molecule has 0 radical (unpaired) electrons. The Labute approximate surface area is 76.5 Å². The van der Waals surface area contributed by atoms with Crippen molar-refractivity contribution in [3.05, 3.63) is 35.3 Å². The largest absolute Gasteiger partial charge is 1.00 e. The molecule has 0 N–H and O–H groups in total. The lowest BCUT2D eigenvalue weighted by molar-refractivity contribution is 0.352. The molecule has 7 heteroatoms. The van der Waals surface area contributed by atoms with Crippen LogP contribution in [0.25, 0.3) is 4.98 Å². The van der Waals surface area contributed by atoms with Crippen LogP contribution >= 0.6 is 0 Å². The molecule has 0 bridgehead atoms. The highest BCUT2D eigenvalue weighted by Gasteiger charge is 1.95. The molecule has 6 nitrogen and oxygen atoms in total. The average molecular weight is 202 g/mol. The summed E-state index contributed by atoms with van der Waals surface area (Å²) in [7, 11) is -5.17. The number of diazo groups is 1. The van der Waals surface area contributed by atoms with Crippen molar-refractivity contribution in [3.8, 4) is 0 Å². The molecular formula is C6H6N2O4S. The number of hydrogen-bond donors (Lipinski definition) is 0. The van der Waals surface area contributed by atoms with E-state index >= 15 is 0 Å². The fraction of sp³-hybridized carbons (Fsp3) is 0. The smallest absolute Gasteiger partial charge is 0.759 e. The molecule has 1 aromatic rings. The number of hydrogen-bond acceptors (Lipinski definition) is 5. The van der Waals surface area contributed by atoms with Crippen LogP contribution in [0.1, 0.15) is 1.43 Å². The molecule has 0 aliphatic heterocycles. The molecule has 70 valence electrons. The Morgan fingerprint density at radius 2 is 1.62 bits per heavy atom. The van der Waals surface area contributed by atoms with Crippen LogP contribution in [0.4, 0.5) is 5.69 Å². The van der Waals surface area contributed by atoms with Crippen LogP contribution in [0.15, 0.2) is 30.3 Å². The number of benzene rings is 1. The predicted molar refractivity (Wildman–Crippen MR) is 42.8 cm³/mol. The molecule has 0 aliphatic rings. The zero-order chi connectivity index (χ0) is 10.3. The van der Waals surface area contributed by atoms with Crippen molar-refractivity contribution in [2.45, 2.75) is 0 Å². The lowest BCUT2D eigenvalue weighted by Crippen LogP contribution is -1.91. The Morgan fingerprint density at radius 1 is 1.23 bits per heavy atom. The van der Waals surface area contributed by atoms with E-state index in [0.717, 1.165) is 0 Å². The SMILES string of the molecule is N#[N+]c1ccccc1.O=S(=O)([O-])[O-].[H+]. The van der Waals surface area contributed by atoms with Gasteiger partial charge in [-0.15, -0.1) is 0 Å². The van der Waals surface area contributed by atoms with Crippen LogP contribution in [0, 0.1) is 5.39 Å². The van der Waals surface area contributed by atoms with E-state index in [9.17, 15) is 0 Å². The molecule has 0 amide bonds. The summed E-state index contributed by atoms with van der Waals surface area (Å²) in [6, 6.07) is 8.94. The van der Waals surface area contributed by atoms with Crippen molar-refractivity contribution in [2.24, 2.45) is 0 Å². The van der Waals surface area contributed by atoms with E-state index in [2.05, 4.69) is 4.98 Å². The van der Waals surface area contributed by atoms with E-state index in [0.29, 0.717) is 5.69 Å². The second-order valence-corrected chi connectivity index (χ2v) is 2.66. The Morgan fingerprint density at radius 3 is 1.85 bits per heavy atom. The minimum atomic E-state index is -5.17. The minimum Gasteiger partial charge on any atom is -0.759 e. The number of nitrogens with zero attached hydrogens (tertiary/aromatic N) is 2. The van der Waals surface area contributed by atoms with E-state index in [1.165, 1.54) is 0 Å². The molecule has 0 fully saturated rings. The van der Waals surface area contributed by atoms with Crippen molar-refractivity contribution in [1.29, 1.82) is 5.39 Å². The van der Waals surface area contributed by atoms with Gasteiger partial charge >= 0.3 is 7.11 Å². The van der Waals surface area contributed by atoms with E-state index in [4.69, 9.17) is 22.9 Å². The zero-order valence-corrected chi connectivity index (χ0v) is 7.14. The van der Waals surface area contributed by atoms with Crippen LogP contribution in [0.2, 0.25) is 0 Å². The average Bonchev–Trinajstić information content (AvgIpc) is 2.03. The van der Waals surface area contributed by atoms with Crippen LogP contribution in [0.3, 0.4) is 0 Å². The Hall–Kier alpha value is -1.49. The van der Waals surface area contributed by atoms with Gasteiger partial charge in [0, 0.05) is 22.5 Å². The lowest BCUT2D eigenvalue weighted by atomic mass is 10.3. The molecule has 0 heterocycles. The summed E-state index contributed by atoms with van der Waals surface area (Å²) >= 11 is 0. The molecule has 1 aromatic carbocycles. The molecule has 0 spiro atoms. The van der Waals surface area contributed by atoms with Gasteiger partial charge < -0.3 is 9.11 Å². The molecule has 13 heavy (non-hydrogen) atoms. The fourth-order valence-electron chi connectivity index (χ4n) is 0.495. The van der Waals surface area contributed by atoms with Gasteiger partial charge in [-0.25, -0.2) is 0 Å². The summed E-state index contributed by atoms with van der Waals surface area (Å²) in [6.45, 7) is 0. The van der Waals surface area contributed by atoms with Crippen LogP contribution in [-0.4, -0.2) is 17.5 Å². The van der Waals surface area contributed by atoms with E-state index in [1.807, 2.05) is 18.2 Å². The van der Waals surface area contributed by atoms with Crippen molar-refractivity contribution in [1.82, 2.24) is 0 Å². The van der Waals surface area contributed by atoms with Gasteiger partial charge in [-0.1, -0.05) is 18.2 Å². The Balaban J connectivity index is 0. The third-order valence-electron chi connectivity index (χ3n) is 0.872. The van der Waals surface area contributed by atoms with Crippen LogP contribution in [-0.2, 0) is 10.4 Å². The van der Waals surface area contributed by atoms with E-state index in [1.54, 1.807) is 12.1 Å². The second kappa shape index (κ2) is 5.21. The summed E-state index contributed by atoms with van der Waals surface area (Å²) in [5, 5.41) is 8.16. The van der Waals surface area contributed by atoms with Gasteiger partial charge in [0.15, 0.2) is 4.98 Å². The Kier molecular flexibility index (Phi) is 4.61. The third kappa shape index (κ3) is 10.5. The topological polar surface area (TPSA) is 108 Å². The first-order valence-corrected chi connectivity index (χ1v) is 4.33. The quantitative estimate of drug-likeness (QED) is 0.353. The lowest BCUT2D eigenvalue weighted by Gasteiger charge is -2.06. The minimum absolute atomic E-state index is 0. The van der Waals surface area contributed by atoms with Crippen molar-refractivity contribution in [3.63, 3.8) is 0 Å². The first kappa shape index (κ1) is 11.5. The molecule has 0 aliphatic carbocycles. The Bertz CT molecular complexity index is 378. The van der Waals surface area contributed by atoms with E-state index in [-0.39, 0.29) is 1.43 Å². The number of rotatable bonds is 0. The fourth-order valence-corrected chi connectivity index (χ4v) is 0.495. The van der Waals surface area contributed by atoms with Crippen molar-refractivity contribution >= 4 is 16.1 Å². The van der Waals surface area contributed by atoms with Crippen LogP contribution in [0.5, 0.6) is 0 Å². The molecule has 0 unspecified atom stereocenters. The van der Waals surface area contributed by atoms with Gasteiger partial charge in [0.25, 0.3) is 0 Å². The molecule has 0 saturated heterocycles. The normalized spacial score (nSPS) is 9.31. The second-order valence-electron chi connectivity index (χ2n) is 1.84. The van der Waals surface area contributed by atoms with Gasteiger partial charge in [0.05, 0.1) is 0 Å². The molecule has 1 rings (SSSR count). The first-order chi connectivity index (χ1) is 5.93. The van der Waals surface area contributed by atoms with Gasteiger partial charge in [-0.05, 0) is 0 Å². The van der Waals surface area contributed by atoms with Gasteiger partial charge in [-0.2, -0.15) is 0 Å². The summed E-state index contributed by atoms with van der Waals surface area (Å²) in [4.78, 5) is 2.97. The van der Waals surface area contributed by atoms with Crippen LogP contribution < -0.4 is 0 Å². The van der Waals surface area contributed by atoms with Gasteiger partial charge in [0.1, 0.15) is 0 Å². The first-order valence-electron chi connectivity index (χ1n) is 3.00. The van der Waals surface area contributed by atoms with Gasteiger partial charge in [0.2, 0.25) is 5.39 Å². The predicted octanol–water partition coefficient (Wildman–Crippen LogP) is 0.946. The maximum absolute atomic E-state index is 8.52. The van der Waals surface area contributed by atoms with Gasteiger partial charge in [-0.3, -0.25) is 8.42 Å². The highest BCUT2D eigenvalue weighted by Crippen LogP contribution is 2.07. The summed E-state index contributed by atoms with van der Waals surface area (Å²) < 4.78 is 34.1. The molecular weight excluding hydrogens is 196 g/mol. The molecule has 0 aromatic heterocycles. The maximum Gasteiger partial charge on any atom is 1.00 e. The van der Waals surface area contributed by atoms with Crippen molar-refractivity contribution < 1.29 is 18.9 Å². The molecule has 0 atom stereocenters. The standard InChI is InChI=1S/C6H5N2.H2O4S/c7-8-6-4-2-1-3-5-6;1-5(2,3)4/h1-5H;(H2,1,2,3,4)/q+1;/p-1. The van der Waals surface area contributed by atoms with E-state index < -0.39 is 10.4 Å². The molecule has 0 saturated carbocycles. The monoisotopic (exact) mass is 202 g/mol. The maximum atomic E-state index is 8.52. The highest BCUT2D eigenvalue weighted by atomic mass is 32.3. The summed E-state index contributed by atoms with van der Waals surface area (Å²) in [5.41, 5.74) is 0.590.